The van der Waals surface area contributed by atoms with E-state index in [0.29, 0.717) is 23.0 Å². The molecule has 27 heavy (non-hydrogen) atoms. The van der Waals surface area contributed by atoms with Crippen molar-refractivity contribution in [3.8, 4) is 11.5 Å². The highest BCUT2D eigenvalue weighted by atomic mass is 16.7. The number of rotatable bonds is 5. The average Bonchev–Trinajstić information content (AvgIpc) is 3.18. The molecule has 0 radical (unpaired) electrons. The summed E-state index contributed by atoms with van der Waals surface area (Å²) in [5.41, 5.74) is 1.86. The quantitative estimate of drug-likeness (QED) is 0.747. The maximum Gasteiger partial charge on any atom is 0.275 e. The van der Waals surface area contributed by atoms with Gasteiger partial charge in [0.2, 0.25) is 6.79 Å². The lowest BCUT2D eigenvalue weighted by Gasteiger charge is -2.21. The van der Waals surface area contributed by atoms with Crippen molar-refractivity contribution >= 4 is 23.1 Å². The van der Waals surface area contributed by atoms with E-state index in [4.69, 9.17) is 9.47 Å². The van der Waals surface area contributed by atoms with Crippen molar-refractivity contribution in [3.63, 3.8) is 0 Å². The van der Waals surface area contributed by atoms with Gasteiger partial charge in [0.05, 0.1) is 12.4 Å². The summed E-state index contributed by atoms with van der Waals surface area (Å²) >= 11 is 0. The molecule has 3 aromatic rings. The Hall–Kier alpha value is -3.61. The highest BCUT2D eigenvalue weighted by Gasteiger charge is 2.16. The zero-order valence-electron chi connectivity index (χ0n) is 14.8. The topological polar surface area (TPSA) is 76.6 Å². The molecule has 7 nitrogen and oxygen atoms in total. The van der Waals surface area contributed by atoms with Crippen LogP contribution in [0.2, 0.25) is 0 Å². The molecule has 136 valence electrons. The molecule has 1 amide bonds. The summed E-state index contributed by atoms with van der Waals surface area (Å²) in [4.78, 5) is 23.1. The van der Waals surface area contributed by atoms with Crippen LogP contribution in [0.3, 0.4) is 0 Å². The largest absolute Gasteiger partial charge is 0.454 e. The van der Waals surface area contributed by atoms with E-state index in [-0.39, 0.29) is 18.4 Å². The number of aromatic nitrogens is 2. The molecule has 0 saturated heterocycles. The second-order valence-corrected chi connectivity index (χ2v) is 5.86. The third-order valence-electron chi connectivity index (χ3n) is 4.16. The molecule has 0 fully saturated rings. The van der Waals surface area contributed by atoms with Gasteiger partial charge in [-0.15, -0.1) is 0 Å². The Morgan fingerprint density at radius 1 is 1.07 bits per heavy atom. The predicted molar refractivity (Wildman–Crippen MR) is 102 cm³/mol. The first-order valence-corrected chi connectivity index (χ1v) is 8.60. The van der Waals surface area contributed by atoms with E-state index < -0.39 is 0 Å². The summed E-state index contributed by atoms with van der Waals surface area (Å²) in [6.45, 7) is 2.96. The molecule has 0 spiro atoms. The smallest absolute Gasteiger partial charge is 0.275 e. The highest BCUT2D eigenvalue weighted by Crippen LogP contribution is 2.34. The molecule has 2 heterocycles. The van der Waals surface area contributed by atoms with Crippen LogP contribution in [0.5, 0.6) is 11.5 Å². The normalized spacial score (nSPS) is 11.9. The number of carbonyl (C=O) groups is 1. The lowest BCUT2D eigenvalue weighted by Crippen LogP contribution is -2.19. The summed E-state index contributed by atoms with van der Waals surface area (Å²) < 4.78 is 10.6. The van der Waals surface area contributed by atoms with Gasteiger partial charge in [0.25, 0.3) is 5.91 Å². The van der Waals surface area contributed by atoms with Crippen LogP contribution < -0.4 is 19.7 Å². The molecule has 1 N–H and O–H groups in total. The first-order chi connectivity index (χ1) is 13.2. The first-order valence-electron chi connectivity index (χ1n) is 8.60. The summed E-state index contributed by atoms with van der Waals surface area (Å²) in [5.74, 6) is 1.62. The molecule has 0 unspecified atom stereocenters. The van der Waals surface area contributed by atoms with Gasteiger partial charge < -0.3 is 19.7 Å². The molecule has 4 rings (SSSR count). The molecule has 1 aliphatic rings. The van der Waals surface area contributed by atoms with Gasteiger partial charge in [0.15, 0.2) is 17.3 Å². The van der Waals surface area contributed by atoms with Crippen molar-refractivity contribution in [2.24, 2.45) is 0 Å². The number of hydrogen-bond donors (Lipinski definition) is 1. The zero-order chi connectivity index (χ0) is 18.6. The Bertz CT molecular complexity index is 945. The number of amides is 1. The number of benzene rings is 2. The minimum Gasteiger partial charge on any atom is -0.454 e. The number of carbonyl (C=O) groups excluding carboxylic acids is 1. The molecule has 1 aliphatic heterocycles. The molecule has 0 atom stereocenters. The minimum atomic E-state index is -0.337. The van der Waals surface area contributed by atoms with Crippen LogP contribution in [-0.4, -0.2) is 29.2 Å². The highest BCUT2D eigenvalue weighted by molar-refractivity contribution is 6.02. The molecule has 0 bridgehead atoms. The van der Waals surface area contributed by atoms with Crippen molar-refractivity contribution in [1.29, 1.82) is 0 Å². The number of anilines is 3. The fourth-order valence-corrected chi connectivity index (χ4v) is 2.83. The Morgan fingerprint density at radius 2 is 1.89 bits per heavy atom. The van der Waals surface area contributed by atoms with E-state index in [1.807, 2.05) is 42.2 Å². The molecule has 0 aliphatic carbocycles. The van der Waals surface area contributed by atoms with Gasteiger partial charge in [0, 0.05) is 24.0 Å². The summed E-state index contributed by atoms with van der Waals surface area (Å²) in [7, 11) is 0. The lowest BCUT2D eigenvalue weighted by molar-refractivity contribution is 0.102. The van der Waals surface area contributed by atoms with E-state index in [1.54, 1.807) is 24.4 Å². The van der Waals surface area contributed by atoms with Crippen molar-refractivity contribution in [2.45, 2.75) is 6.92 Å². The molecule has 7 heteroatoms. The van der Waals surface area contributed by atoms with Crippen molar-refractivity contribution in [2.75, 3.05) is 23.6 Å². The predicted octanol–water partition coefficient (Wildman–Crippen LogP) is 3.62. The second kappa shape index (κ2) is 7.33. The van der Waals surface area contributed by atoms with E-state index >= 15 is 0 Å². The number of para-hydroxylation sites is 1. The summed E-state index contributed by atoms with van der Waals surface area (Å²) in [5, 5.41) is 2.79. The molecular weight excluding hydrogens is 344 g/mol. The minimum absolute atomic E-state index is 0.189. The summed E-state index contributed by atoms with van der Waals surface area (Å²) in [6.07, 6.45) is 3.08. The van der Waals surface area contributed by atoms with E-state index in [1.165, 1.54) is 6.20 Å². The van der Waals surface area contributed by atoms with Gasteiger partial charge in [0.1, 0.15) is 5.69 Å². The van der Waals surface area contributed by atoms with Crippen LogP contribution in [-0.2, 0) is 0 Å². The summed E-state index contributed by atoms with van der Waals surface area (Å²) in [6, 6.07) is 15.1. The maximum absolute atomic E-state index is 12.4. The van der Waals surface area contributed by atoms with Crippen LogP contribution in [0.4, 0.5) is 17.2 Å². The van der Waals surface area contributed by atoms with E-state index in [2.05, 4.69) is 15.3 Å². The SMILES string of the molecule is CCN(c1ccccc1)c1cnc(C(=O)Nc2ccc3c(c2)OCO3)cn1. The molecule has 1 aromatic heterocycles. The monoisotopic (exact) mass is 362 g/mol. The fourth-order valence-electron chi connectivity index (χ4n) is 2.83. The van der Waals surface area contributed by atoms with Crippen molar-refractivity contribution < 1.29 is 14.3 Å². The zero-order valence-corrected chi connectivity index (χ0v) is 14.8. The van der Waals surface area contributed by atoms with Crippen molar-refractivity contribution in [1.82, 2.24) is 9.97 Å². The third-order valence-corrected chi connectivity index (χ3v) is 4.16. The van der Waals surface area contributed by atoms with Crippen LogP contribution in [0.1, 0.15) is 17.4 Å². The van der Waals surface area contributed by atoms with Crippen molar-refractivity contribution in [3.05, 3.63) is 66.6 Å². The van der Waals surface area contributed by atoms with Gasteiger partial charge >= 0.3 is 0 Å². The molecule has 2 aromatic carbocycles. The number of nitrogens with one attached hydrogen (secondary N) is 1. The van der Waals surface area contributed by atoms with E-state index in [9.17, 15) is 4.79 Å². The third kappa shape index (κ3) is 3.52. The number of fused-ring (bicyclic) bond motifs is 1. The number of ether oxygens (including phenoxy) is 2. The Kier molecular flexibility index (Phi) is 4.57. The van der Waals surface area contributed by atoms with Gasteiger partial charge in [-0.05, 0) is 31.2 Å². The van der Waals surface area contributed by atoms with Crippen LogP contribution in [0.25, 0.3) is 0 Å². The molecule has 0 saturated carbocycles. The van der Waals surface area contributed by atoms with Gasteiger partial charge in [-0.1, -0.05) is 18.2 Å². The van der Waals surface area contributed by atoms with Crippen LogP contribution in [0.15, 0.2) is 60.9 Å². The number of hydrogen-bond acceptors (Lipinski definition) is 6. The van der Waals surface area contributed by atoms with Gasteiger partial charge in [-0.25, -0.2) is 9.97 Å². The second-order valence-electron chi connectivity index (χ2n) is 5.86. The first kappa shape index (κ1) is 16.8. The number of nitrogens with zero attached hydrogens (tertiary/aromatic N) is 3. The standard InChI is InChI=1S/C20H18N4O3/c1-2-24(15-6-4-3-5-7-15)19-12-21-16(11-22-19)20(25)23-14-8-9-17-18(10-14)27-13-26-17/h3-12H,2,13H2,1H3,(H,23,25). The Morgan fingerprint density at radius 3 is 2.63 bits per heavy atom. The van der Waals surface area contributed by atoms with Gasteiger partial charge in [-0.3, -0.25) is 4.79 Å². The Labute approximate surface area is 156 Å². The maximum atomic E-state index is 12.4. The average molecular weight is 362 g/mol. The van der Waals surface area contributed by atoms with Gasteiger partial charge in [-0.2, -0.15) is 0 Å². The van der Waals surface area contributed by atoms with Crippen LogP contribution in [0, 0.1) is 0 Å². The van der Waals surface area contributed by atoms with E-state index in [0.717, 1.165) is 12.2 Å². The van der Waals surface area contributed by atoms with Crippen LogP contribution >= 0.6 is 0 Å². The molecular formula is C20H18N4O3. The lowest BCUT2D eigenvalue weighted by atomic mass is 10.2. The Balaban J connectivity index is 1.49. The fraction of sp³-hybridized carbons (Fsp3) is 0.150.